The van der Waals surface area contributed by atoms with Gasteiger partial charge in [0.15, 0.2) is 5.78 Å². The summed E-state index contributed by atoms with van der Waals surface area (Å²) < 4.78 is 0.709. The van der Waals surface area contributed by atoms with Gasteiger partial charge >= 0.3 is 5.97 Å². The van der Waals surface area contributed by atoms with Gasteiger partial charge in [-0.1, -0.05) is 46.3 Å². The van der Waals surface area contributed by atoms with Crippen molar-refractivity contribution in [3.8, 4) is 0 Å². The van der Waals surface area contributed by atoms with Gasteiger partial charge < -0.3 is 10.4 Å². The van der Waals surface area contributed by atoms with Gasteiger partial charge in [-0.2, -0.15) is 0 Å². The van der Waals surface area contributed by atoms with Crippen molar-refractivity contribution in [1.29, 1.82) is 0 Å². The third-order valence-corrected chi connectivity index (χ3v) is 3.60. The lowest BCUT2D eigenvalue weighted by molar-refractivity contribution is -0.138. The molecule has 0 spiro atoms. The van der Waals surface area contributed by atoms with Crippen LogP contribution in [0.4, 0.5) is 5.69 Å². The number of hydrogen-bond donors (Lipinski definition) is 2. The van der Waals surface area contributed by atoms with Gasteiger partial charge in [-0.15, -0.1) is 0 Å². The van der Waals surface area contributed by atoms with E-state index in [-0.39, 0.29) is 18.6 Å². The molecule has 0 fully saturated rings. The van der Waals surface area contributed by atoms with Crippen LogP contribution in [0.25, 0.3) is 0 Å². The number of benzene rings is 2. The Morgan fingerprint density at radius 2 is 1.70 bits per heavy atom. The van der Waals surface area contributed by atoms with E-state index in [9.17, 15) is 14.4 Å². The molecule has 2 aromatic carbocycles. The number of carboxylic acid groups (broad SMARTS) is 1. The number of ketones is 1. The molecule has 2 N–H and O–H groups in total. The fourth-order valence-corrected chi connectivity index (χ4v) is 2.35. The molecule has 0 saturated carbocycles. The predicted octanol–water partition coefficient (Wildman–Crippen LogP) is 3.48. The molecule has 118 valence electrons. The summed E-state index contributed by atoms with van der Waals surface area (Å²) in [6.07, 6.45) is -0.408. The monoisotopic (exact) mass is 375 g/mol. The molecule has 0 aliphatic rings. The maximum absolute atomic E-state index is 12.6. The lowest BCUT2D eigenvalue weighted by Crippen LogP contribution is -2.16. The number of hydrogen-bond acceptors (Lipinski definition) is 3. The topological polar surface area (TPSA) is 83.5 Å². The summed E-state index contributed by atoms with van der Waals surface area (Å²) in [5.74, 6) is -1.71. The third kappa shape index (κ3) is 4.75. The molecule has 2 aromatic rings. The van der Waals surface area contributed by atoms with Crippen molar-refractivity contribution in [2.75, 3.05) is 5.32 Å². The van der Waals surface area contributed by atoms with E-state index in [0.29, 0.717) is 21.3 Å². The molecular formula is C17H14BrNO4. The van der Waals surface area contributed by atoms with E-state index in [4.69, 9.17) is 5.11 Å². The summed E-state index contributed by atoms with van der Waals surface area (Å²) in [5.41, 5.74) is 1.21. The highest BCUT2D eigenvalue weighted by Gasteiger charge is 2.16. The molecule has 5 nitrogen and oxygen atoms in total. The molecule has 0 aliphatic carbocycles. The van der Waals surface area contributed by atoms with Crippen LogP contribution in [0.1, 0.15) is 28.8 Å². The van der Waals surface area contributed by atoms with Crippen LogP contribution in [0.15, 0.2) is 53.0 Å². The smallest absolute Gasteiger partial charge is 0.303 e. The number of rotatable bonds is 6. The lowest BCUT2D eigenvalue weighted by atomic mass is 10.0. The number of carbonyl (C=O) groups excluding carboxylic acids is 2. The Bertz CT molecular complexity index is 744. The Balaban J connectivity index is 2.26. The predicted molar refractivity (Wildman–Crippen MR) is 89.5 cm³/mol. The first-order valence-electron chi connectivity index (χ1n) is 6.88. The van der Waals surface area contributed by atoms with Gasteiger partial charge in [-0.25, -0.2) is 0 Å². The van der Waals surface area contributed by atoms with Gasteiger partial charge in [-0.05, 0) is 18.2 Å². The van der Waals surface area contributed by atoms with E-state index >= 15 is 0 Å². The number of aliphatic carboxylic acids is 1. The molecule has 2 rings (SSSR count). The minimum Gasteiger partial charge on any atom is -0.481 e. The van der Waals surface area contributed by atoms with Crippen molar-refractivity contribution in [2.24, 2.45) is 0 Å². The maximum atomic E-state index is 12.6. The third-order valence-electron chi connectivity index (χ3n) is 3.10. The van der Waals surface area contributed by atoms with Crippen LogP contribution in [0.3, 0.4) is 0 Å². The Kier molecular flexibility index (Phi) is 5.65. The van der Waals surface area contributed by atoms with Crippen molar-refractivity contribution in [3.63, 3.8) is 0 Å². The first-order valence-corrected chi connectivity index (χ1v) is 7.67. The van der Waals surface area contributed by atoms with E-state index in [1.54, 1.807) is 42.5 Å². The Labute approximate surface area is 141 Å². The standard InChI is InChI=1S/C17H14BrNO4/c18-12-6-7-14(19-15(20)8-9-16(21)22)13(10-12)17(23)11-4-2-1-3-5-11/h1-7,10H,8-9H2,(H,19,20)(H,21,22). The van der Waals surface area contributed by atoms with E-state index < -0.39 is 11.9 Å². The van der Waals surface area contributed by atoms with Crippen LogP contribution < -0.4 is 5.32 Å². The molecule has 0 radical (unpaired) electrons. The van der Waals surface area contributed by atoms with E-state index in [1.165, 1.54) is 0 Å². The van der Waals surface area contributed by atoms with Crippen molar-refractivity contribution in [3.05, 3.63) is 64.1 Å². The molecule has 0 heterocycles. The fourth-order valence-electron chi connectivity index (χ4n) is 1.99. The Morgan fingerprint density at radius 3 is 2.35 bits per heavy atom. The van der Waals surface area contributed by atoms with Crippen molar-refractivity contribution in [2.45, 2.75) is 12.8 Å². The minimum atomic E-state index is -1.04. The number of carboxylic acids is 1. The van der Waals surface area contributed by atoms with E-state index in [2.05, 4.69) is 21.2 Å². The summed E-state index contributed by atoms with van der Waals surface area (Å²) in [6, 6.07) is 13.7. The van der Waals surface area contributed by atoms with Crippen LogP contribution in [-0.4, -0.2) is 22.8 Å². The number of anilines is 1. The maximum Gasteiger partial charge on any atom is 0.303 e. The largest absolute Gasteiger partial charge is 0.481 e. The number of nitrogens with one attached hydrogen (secondary N) is 1. The molecule has 0 saturated heterocycles. The highest BCUT2D eigenvalue weighted by atomic mass is 79.9. The van der Waals surface area contributed by atoms with Gasteiger partial charge in [0.25, 0.3) is 0 Å². The molecule has 6 heteroatoms. The fraction of sp³-hybridized carbons (Fsp3) is 0.118. The van der Waals surface area contributed by atoms with Gasteiger partial charge in [-0.3, -0.25) is 14.4 Å². The van der Waals surface area contributed by atoms with Gasteiger partial charge in [0.05, 0.1) is 12.1 Å². The summed E-state index contributed by atoms with van der Waals surface area (Å²) in [7, 11) is 0. The molecule has 23 heavy (non-hydrogen) atoms. The summed E-state index contributed by atoms with van der Waals surface area (Å²) in [5, 5.41) is 11.2. The zero-order valence-electron chi connectivity index (χ0n) is 12.1. The average Bonchev–Trinajstić information content (AvgIpc) is 2.54. The van der Waals surface area contributed by atoms with E-state index in [0.717, 1.165) is 0 Å². The second-order valence-corrected chi connectivity index (χ2v) is 5.74. The first-order chi connectivity index (χ1) is 11.0. The zero-order chi connectivity index (χ0) is 16.8. The van der Waals surface area contributed by atoms with Crippen molar-refractivity contribution >= 4 is 39.3 Å². The second kappa shape index (κ2) is 7.69. The van der Waals surface area contributed by atoms with Crippen LogP contribution in [0.5, 0.6) is 0 Å². The quantitative estimate of drug-likeness (QED) is 0.757. The van der Waals surface area contributed by atoms with Gasteiger partial charge in [0.2, 0.25) is 5.91 Å². The highest BCUT2D eigenvalue weighted by Crippen LogP contribution is 2.24. The van der Waals surface area contributed by atoms with Crippen molar-refractivity contribution < 1.29 is 19.5 Å². The van der Waals surface area contributed by atoms with Crippen LogP contribution in [0, 0.1) is 0 Å². The number of halogens is 1. The van der Waals surface area contributed by atoms with Crippen LogP contribution in [0.2, 0.25) is 0 Å². The Morgan fingerprint density at radius 1 is 1.00 bits per heavy atom. The van der Waals surface area contributed by atoms with Crippen molar-refractivity contribution in [1.82, 2.24) is 0 Å². The summed E-state index contributed by atoms with van der Waals surface area (Å²) in [4.78, 5) is 34.9. The molecule has 0 aromatic heterocycles. The zero-order valence-corrected chi connectivity index (χ0v) is 13.7. The molecule has 0 bridgehead atoms. The summed E-state index contributed by atoms with van der Waals surface area (Å²) >= 11 is 3.31. The van der Waals surface area contributed by atoms with Gasteiger partial charge in [0.1, 0.15) is 0 Å². The van der Waals surface area contributed by atoms with Crippen LogP contribution in [-0.2, 0) is 9.59 Å². The Hall–Kier alpha value is -2.47. The number of carbonyl (C=O) groups is 3. The molecule has 0 aliphatic heterocycles. The number of amides is 1. The normalized spacial score (nSPS) is 10.1. The minimum absolute atomic E-state index is 0.148. The SMILES string of the molecule is O=C(O)CCC(=O)Nc1ccc(Br)cc1C(=O)c1ccccc1. The first kappa shape index (κ1) is 16.9. The average molecular weight is 376 g/mol. The highest BCUT2D eigenvalue weighted by molar-refractivity contribution is 9.10. The summed E-state index contributed by atoms with van der Waals surface area (Å²) in [6.45, 7) is 0. The van der Waals surface area contributed by atoms with Gasteiger partial charge in [0, 0.05) is 22.0 Å². The van der Waals surface area contributed by atoms with E-state index in [1.807, 2.05) is 6.07 Å². The molecular weight excluding hydrogens is 362 g/mol. The molecule has 0 atom stereocenters. The second-order valence-electron chi connectivity index (χ2n) is 4.83. The molecule has 0 unspecified atom stereocenters. The lowest BCUT2D eigenvalue weighted by Gasteiger charge is -2.11. The molecule has 1 amide bonds. The van der Waals surface area contributed by atoms with Crippen LogP contribution >= 0.6 is 15.9 Å².